The highest BCUT2D eigenvalue weighted by Crippen LogP contribution is 2.44. The highest BCUT2D eigenvalue weighted by atomic mass is 16.6. The number of carboxylic acid groups (broad SMARTS) is 1. The molecule has 7 nitrogen and oxygen atoms in total. The van der Waals surface area contributed by atoms with E-state index in [9.17, 15) is 14.4 Å². The molecule has 0 bridgehead atoms. The molecule has 0 unspecified atom stereocenters. The summed E-state index contributed by atoms with van der Waals surface area (Å²) in [5, 5.41) is 8.87. The van der Waals surface area contributed by atoms with Gasteiger partial charge in [-0.05, 0) is 22.3 Å². The fraction of sp³-hybridized carbons (Fsp3) is 0.211. The molecule has 0 atom stereocenters. The van der Waals surface area contributed by atoms with Gasteiger partial charge in [0.05, 0.1) is 6.54 Å². The number of amides is 2. The van der Waals surface area contributed by atoms with Gasteiger partial charge in [-0.1, -0.05) is 48.5 Å². The molecule has 0 saturated carbocycles. The van der Waals surface area contributed by atoms with Crippen LogP contribution in [0.3, 0.4) is 0 Å². The van der Waals surface area contributed by atoms with Gasteiger partial charge in [0.25, 0.3) is 0 Å². The number of carbonyl (C=O) groups is 3. The first kappa shape index (κ1) is 17.6. The van der Waals surface area contributed by atoms with Gasteiger partial charge in [-0.3, -0.25) is 9.59 Å². The van der Waals surface area contributed by atoms with Crippen molar-refractivity contribution >= 4 is 18.0 Å². The number of hydrogen-bond acceptors (Lipinski definition) is 5. The number of nitrogens with two attached hydrogens (primary N) is 1. The van der Waals surface area contributed by atoms with Crippen LogP contribution in [0.5, 0.6) is 0 Å². The van der Waals surface area contributed by atoms with Crippen molar-refractivity contribution in [2.75, 3.05) is 19.7 Å². The quantitative estimate of drug-likeness (QED) is 0.847. The Kier molecular flexibility index (Phi) is 4.99. The molecule has 1 aliphatic rings. The third kappa shape index (κ3) is 3.29. The number of ether oxygens (including phenoxy) is 1. The zero-order chi connectivity index (χ0) is 18.7. The number of nitrogens with zero attached hydrogens (tertiary/aromatic N) is 1. The maximum absolute atomic E-state index is 12.2. The Hall–Kier alpha value is -3.19. The maximum atomic E-state index is 12.2. The molecule has 2 aromatic rings. The fourth-order valence-corrected chi connectivity index (χ4v) is 3.17. The van der Waals surface area contributed by atoms with Gasteiger partial charge in [-0.2, -0.15) is 0 Å². The molecule has 0 heterocycles. The first-order valence-corrected chi connectivity index (χ1v) is 8.10. The Morgan fingerprint density at radius 1 is 1.00 bits per heavy atom. The minimum atomic E-state index is -1.32. The first-order chi connectivity index (χ1) is 12.5. The van der Waals surface area contributed by atoms with Gasteiger partial charge < -0.3 is 15.6 Å². The summed E-state index contributed by atoms with van der Waals surface area (Å²) >= 11 is 0. The van der Waals surface area contributed by atoms with Crippen LogP contribution in [0.2, 0.25) is 0 Å². The van der Waals surface area contributed by atoms with Gasteiger partial charge in [0.15, 0.2) is 0 Å². The summed E-state index contributed by atoms with van der Waals surface area (Å²) in [5.41, 5.74) is 9.44. The molecule has 26 heavy (non-hydrogen) atoms. The highest BCUT2D eigenvalue weighted by Gasteiger charge is 2.31. The second-order valence-corrected chi connectivity index (χ2v) is 5.88. The normalized spacial score (nSPS) is 12.2. The van der Waals surface area contributed by atoms with E-state index < -0.39 is 31.1 Å². The van der Waals surface area contributed by atoms with Crippen molar-refractivity contribution in [3.05, 3.63) is 59.7 Å². The summed E-state index contributed by atoms with van der Waals surface area (Å²) in [7, 11) is 0. The number of fused-ring (bicyclic) bond motifs is 3. The summed E-state index contributed by atoms with van der Waals surface area (Å²) in [4.78, 5) is 35.3. The smallest absolute Gasteiger partial charge is 0.417 e. The molecule has 2 amide bonds. The zero-order valence-electron chi connectivity index (χ0n) is 13.9. The minimum Gasteiger partial charge on any atom is -0.480 e. The Bertz CT molecular complexity index is 819. The molecule has 0 spiro atoms. The number of hydrogen-bond donors (Lipinski definition) is 2. The lowest BCUT2D eigenvalue weighted by molar-refractivity contribution is -0.142. The van der Waals surface area contributed by atoms with Gasteiger partial charge in [0, 0.05) is 5.92 Å². The second kappa shape index (κ2) is 7.37. The van der Waals surface area contributed by atoms with Gasteiger partial charge in [0.2, 0.25) is 5.91 Å². The van der Waals surface area contributed by atoms with Crippen LogP contribution in [0, 0.1) is 0 Å². The molecular formula is C19H18N2O5. The molecule has 0 fully saturated rings. The van der Waals surface area contributed by atoms with Crippen LogP contribution in [0.1, 0.15) is 17.0 Å². The SMILES string of the molecule is NCC(=O)N(CC(=O)O)C(=O)OCC1c2ccccc2-c2ccccc21. The number of imide groups is 1. The van der Waals surface area contributed by atoms with Crippen LogP contribution >= 0.6 is 0 Å². The molecule has 3 rings (SSSR count). The van der Waals surface area contributed by atoms with E-state index in [1.165, 1.54) is 0 Å². The molecule has 3 N–H and O–H groups in total. The Morgan fingerprint density at radius 2 is 1.54 bits per heavy atom. The number of aliphatic carboxylic acids is 1. The lowest BCUT2D eigenvalue weighted by atomic mass is 9.98. The molecule has 0 aliphatic heterocycles. The predicted octanol–water partition coefficient (Wildman–Crippen LogP) is 1.81. The van der Waals surface area contributed by atoms with Crippen LogP contribution in [-0.4, -0.2) is 47.7 Å². The van der Waals surface area contributed by atoms with E-state index >= 15 is 0 Å². The van der Waals surface area contributed by atoms with E-state index in [1.54, 1.807) is 0 Å². The lowest BCUT2D eigenvalue weighted by Crippen LogP contribution is -2.44. The lowest BCUT2D eigenvalue weighted by Gasteiger charge is -2.20. The van der Waals surface area contributed by atoms with Crippen LogP contribution in [0.4, 0.5) is 4.79 Å². The Labute approximate surface area is 150 Å². The van der Waals surface area contributed by atoms with Crippen molar-refractivity contribution < 1.29 is 24.2 Å². The summed E-state index contributed by atoms with van der Waals surface area (Å²) in [6.45, 7) is -1.26. The van der Waals surface area contributed by atoms with Gasteiger partial charge >= 0.3 is 12.1 Å². The average Bonchev–Trinajstić information content (AvgIpc) is 2.97. The van der Waals surface area contributed by atoms with E-state index in [0.717, 1.165) is 22.3 Å². The Balaban J connectivity index is 1.80. The van der Waals surface area contributed by atoms with E-state index in [4.69, 9.17) is 15.6 Å². The molecule has 134 valence electrons. The van der Waals surface area contributed by atoms with E-state index in [0.29, 0.717) is 4.90 Å². The van der Waals surface area contributed by atoms with Gasteiger partial charge in [-0.25, -0.2) is 9.69 Å². The summed E-state index contributed by atoms with van der Waals surface area (Å²) in [5.74, 6) is -2.30. The average molecular weight is 354 g/mol. The highest BCUT2D eigenvalue weighted by molar-refractivity contribution is 5.96. The van der Waals surface area contributed by atoms with E-state index in [1.807, 2.05) is 48.5 Å². The number of carboxylic acids is 1. The van der Waals surface area contributed by atoms with Crippen molar-refractivity contribution in [2.45, 2.75) is 5.92 Å². The van der Waals surface area contributed by atoms with Crippen molar-refractivity contribution in [2.24, 2.45) is 5.73 Å². The number of rotatable bonds is 5. The van der Waals surface area contributed by atoms with Crippen LogP contribution in [-0.2, 0) is 14.3 Å². The largest absolute Gasteiger partial charge is 0.480 e. The fourth-order valence-electron chi connectivity index (χ4n) is 3.17. The van der Waals surface area contributed by atoms with Crippen LogP contribution < -0.4 is 5.73 Å². The summed E-state index contributed by atoms with van der Waals surface area (Å²) < 4.78 is 5.27. The van der Waals surface area contributed by atoms with Gasteiger partial charge in [-0.15, -0.1) is 0 Å². The van der Waals surface area contributed by atoms with Gasteiger partial charge in [0.1, 0.15) is 13.2 Å². The maximum Gasteiger partial charge on any atom is 0.417 e. The summed E-state index contributed by atoms with van der Waals surface area (Å²) in [6.07, 6.45) is -1.01. The molecule has 0 aromatic heterocycles. The Morgan fingerprint density at radius 3 is 2.04 bits per heavy atom. The third-order valence-electron chi connectivity index (χ3n) is 4.33. The van der Waals surface area contributed by atoms with E-state index in [-0.39, 0.29) is 12.5 Å². The first-order valence-electron chi connectivity index (χ1n) is 8.10. The third-order valence-corrected chi connectivity index (χ3v) is 4.33. The molecule has 1 aliphatic carbocycles. The zero-order valence-corrected chi connectivity index (χ0v) is 13.9. The summed E-state index contributed by atoms with van der Waals surface area (Å²) in [6, 6.07) is 15.6. The topological polar surface area (TPSA) is 110 Å². The van der Waals surface area contributed by atoms with Crippen molar-refractivity contribution in [1.29, 1.82) is 0 Å². The molecule has 0 radical (unpaired) electrons. The van der Waals surface area contributed by atoms with Crippen LogP contribution in [0.25, 0.3) is 11.1 Å². The van der Waals surface area contributed by atoms with E-state index in [2.05, 4.69) is 0 Å². The molecule has 2 aromatic carbocycles. The van der Waals surface area contributed by atoms with Crippen molar-refractivity contribution in [3.8, 4) is 11.1 Å². The standard InChI is InChI=1S/C19H18N2O5/c20-9-17(22)21(10-18(23)24)19(25)26-11-16-14-7-3-1-5-12(14)13-6-2-4-8-15(13)16/h1-8,16H,9-11,20H2,(H,23,24). The molecule has 0 saturated heterocycles. The predicted molar refractivity (Wildman–Crippen MR) is 93.5 cm³/mol. The number of benzene rings is 2. The monoisotopic (exact) mass is 354 g/mol. The molecule has 7 heteroatoms. The van der Waals surface area contributed by atoms with Crippen molar-refractivity contribution in [3.63, 3.8) is 0 Å². The second-order valence-electron chi connectivity index (χ2n) is 5.88. The van der Waals surface area contributed by atoms with Crippen molar-refractivity contribution in [1.82, 2.24) is 4.90 Å². The minimum absolute atomic E-state index is 0.000824. The van der Waals surface area contributed by atoms with Crippen LogP contribution in [0.15, 0.2) is 48.5 Å². The number of carbonyl (C=O) groups excluding carboxylic acids is 2. The molecular weight excluding hydrogens is 336 g/mol.